The molecule has 0 heterocycles. The van der Waals surface area contributed by atoms with Crippen molar-refractivity contribution in [1.82, 2.24) is 0 Å². The van der Waals surface area contributed by atoms with Crippen LogP contribution in [0, 0.1) is 5.41 Å². The van der Waals surface area contributed by atoms with Gasteiger partial charge >= 0.3 is 0 Å². The molecule has 0 saturated heterocycles. The molecule has 1 rings (SSSR count). The molecule has 68 valence electrons. The molecule has 0 fully saturated rings. The first-order valence-corrected chi connectivity index (χ1v) is 4.05. The zero-order valence-corrected chi connectivity index (χ0v) is 7.45. The number of hydrogen-bond donors (Lipinski definition) is 2. The van der Waals surface area contributed by atoms with Crippen LogP contribution in [0.1, 0.15) is 24.0 Å². The number of carbonyl (C=O) groups excluding carboxylic acids is 1. The van der Waals surface area contributed by atoms with Crippen molar-refractivity contribution in [3.8, 4) is 0 Å². The smallest absolute Gasteiger partial charge is 0.127 e. The van der Waals surface area contributed by atoms with Gasteiger partial charge in [-0.1, -0.05) is 31.2 Å². The van der Waals surface area contributed by atoms with Gasteiger partial charge in [0.15, 0.2) is 0 Å². The van der Waals surface area contributed by atoms with Crippen LogP contribution in [0.25, 0.3) is 0 Å². The Morgan fingerprint density at radius 3 is 2.69 bits per heavy atom. The first-order valence-electron chi connectivity index (χ1n) is 4.05. The van der Waals surface area contributed by atoms with E-state index in [2.05, 4.69) is 0 Å². The van der Waals surface area contributed by atoms with Crippen molar-refractivity contribution >= 4 is 12.1 Å². The fourth-order valence-electron chi connectivity index (χ4n) is 1.21. The number of benzene rings is 1. The lowest BCUT2D eigenvalue weighted by molar-refractivity contribution is -0.108. The molecule has 1 unspecified atom stereocenters. The third-order valence-electron chi connectivity index (χ3n) is 1.95. The summed E-state index contributed by atoms with van der Waals surface area (Å²) in [7, 11) is 0. The van der Waals surface area contributed by atoms with E-state index >= 15 is 0 Å². The van der Waals surface area contributed by atoms with Crippen LogP contribution < -0.4 is 5.73 Å². The summed E-state index contributed by atoms with van der Waals surface area (Å²) in [4.78, 5) is 10.6. The van der Waals surface area contributed by atoms with Crippen molar-refractivity contribution in [1.29, 1.82) is 5.41 Å². The Morgan fingerprint density at radius 1 is 1.54 bits per heavy atom. The maximum atomic E-state index is 10.6. The molecule has 3 N–H and O–H groups in total. The largest absolute Gasteiger partial charge is 0.384 e. The number of nitrogens with one attached hydrogen (secondary N) is 1. The van der Waals surface area contributed by atoms with Crippen molar-refractivity contribution < 1.29 is 4.79 Å². The highest BCUT2D eigenvalue weighted by Gasteiger charge is 2.10. The summed E-state index contributed by atoms with van der Waals surface area (Å²) < 4.78 is 0. The molecule has 3 nitrogen and oxygen atoms in total. The Bertz CT molecular complexity index is 333. The van der Waals surface area contributed by atoms with E-state index in [0.29, 0.717) is 5.56 Å². The van der Waals surface area contributed by atoms with Gasteiger partial charge < -0.3 is 10.5 Å². The van der Waals surface area contributed by atoms with Gasteiger partial charge in [-0.25, -0.2) is 0 Å². The van der Waals surface area contributed by atoms with Gasteiger partial charge in [0, 0.05) is 11.5 Å². The third-order valence-corrected chi connectivity index (χ3v) is 1.95. The van der Waals surface area contributed by atoms with Crippen LogP contribution in [0.4, 0.5) is 0 Å². The predicted molar refractivity (Wildman–Crippen MR) is 51.9 cm³/mol. The summed E-state index contributed by atoms with van der Waals surface area (Å²) in [5.41, 5.74) is 6.83. The first-order chi connectivity index (χ1) is 6.16. The van der Waals surface area contributed by atoms with E-state index in [1.807, 2.05) is 12.1 Å². The Hall–Kier alpha value is -1.64. The van der Waals surface area contributed by atoms with E-state index in [0.717, 1.165) is 11.8 Å². The van der Waals surface area contributed by atoms with Gasteiger partial charge in [0.05, 0.1) is 0 Å². The standard InChI is InChI=1S/C10H12N2O/c1-7(6-13)8-4-2-3-5-9(8)10(11)12/h2-7H,1H3,(H3,11,12). The number of amidine groups is 1. The van der Waals surface area contributed by atoms with Gasteiger partial charge in [-0.2, -0.15) is 0 Å². The van der Waals surface area contributed by atoms with Crippen molar-refractivity contribution in [3.05, 3.63) is 35.4 Å². The molecular weight excluding hydrogens is 164 g/mol. The average molecular weight is 176 g/mol. The Kier molecular flexibility index (Phi) is 2.80. The lowest BCUT2D eigenvalue weighted by Gasteiger charge is -2.09. The quantitative estimate of drug-likeness (QED) is 0.414. The maximum absolute atomic E-state index is 10.6. The van der Waals surface area contributed by atoms with Gasteiger partial charge in [0.2, 0.25) is 0 Å². The third kappa shape index (κ3) is 1.93. The second kappa shape index (κ2) is 3.85. The highest BCUT2D eigenvalue weighted by molar-refractivity contribution is 5.97. The normalized spacial score (nSPS) is 12.1. The zero-order valence-electron chi connectivity index (χ0n) is 7.45. The fourth-order valence-corrected chi connectivity index (χ4v) is 1.21. The maximum Gasteiger partial charge on any atom is 0.127 e. The Labute approximate surface area is 77.1 Å². The van der Waals surface area contributed by atoms with E-state index in [1.165, 1.54) is 0 Å². The highest BCUT2D eigenvalue weighted by Crippen LogP contribution is 2.17. The van der Waals surface area contributed by atoms with Gasteiger partial charge in [-0.15, -0.1) is 0 Å². The fraction of sp³-hybridized carbons (Fsp3) is 0.200. The van der Waals surface area contributed by atoms with E-state index in [1.54, 1.807) is 19.1 Å². The molecule has 3 heteroatoms. The number of nitrogens with two attached hydrogens (primary N) is 1. The molecule has 0 saturated carbocycles. The second-order valence-corrected chi connectivity index (χ2v) is 2.93. The van der Waals surface area contributed by atoms with Crippen molar-refractivity contribution in [3.63, 3.8) is 0 Å². The van der Waals surface area contributed by atoms with Gasteiger partial charge in [-0.05, 0) is 5.56 Å². The molecular formula is C10H12N2O. The van der Waals surface area contributed by atoms with Crippen LogP contribution in [-0.4, -0.2) is 12.1 Å². The topological polar surface area (TPSA) is 66.9 Å². The van der Waals surface area contributed by atoms with Crippen molar-refractivity contribution in [2.75, 3.05) is 0 Å². The first kappa shape index (κ1) is 9.45. The number of rotatable bonds is 3. The summed E-state index contributed by atoms with van der Waals surface area (Å²) in [6.07, 6.45) is 0.849. The van der Waals surface area contributed by atoms with Crippen LogP contribution >= 0.6 is 0 Å². The SMILES string of the molecule is CC(C=O)c1ccccc1C(=N)N. The van der Waals surface area contributed by atoms with E-state index in [4.69, 9.17) is 11.1 Å². The summed E-state index contributed by atoms with van der Waals surface area (Å²) in [5.74, 6) is -0.204. The number of carbonyl (C=O) groups is 1. The molecule has 0 amide bonds. The van der Waals surface area contributed by atoms with Gasteiger partial charge in [0.25, 0.3) is 0 Å². The Balaban J connectivity index is 3.19. The van der Waals surface area contributed by atoms with Crippen molar-refractivity contribution in [2.45, 2.75) is 12.8 Å². The van der Waals surface area contributed by atoms with Crippen LogP contribution in [0.3, 0.4) is 0 Å². The summed E-state index contributed by atoms with van der Waals surface area (Å²) >= 11 is 0. The minimum absolute atomic E-state index is 0.00398. The number of nitrogen functional groups attached to an aromatic ring is 1. The van der Waals surface area contributed by atoms with Gasteiger partial charge in [0.1, 0.15) is 12.1 Å². The monoisotopic (exact) mass is 176 g/mol. The van der Waals surface area contributed by atoms with Crippen LogP contribution in [0.5, 0.6) is 0 Å². The molecule has 1 aromatic carbocycles. The Morgan fingerprint density at radius 2 is 2.15 bits per heavy atom. The molecule has 1 atom stereocenters. The molecule has 13 heavy (non-hydrogen) atoms. The predicted octanol–water partition coefficient (Wildman–Crippen LogP) is 1.27. The minimum atomic E-state index is -0.208. The van der Waals surface area contributed by atoms with Crippen LogP contribution in [0.15, 0.2) is 24.3 Å². The van der Waals surface area contributed by atoms with E-state index in [-0.39, 0.29) is 11.8 Å². The van der Waals surface area contributed by atoms with Crippen LogP contribution in [0.2, 0.25) is 0 Å². The van der Waals surface area contributed by atoms with Crippen LogP contribution in [-0.2, 0) is 4.79 Å². The number of aldehydes is 1. The molecule has 0 aliphatic carbocycles. The lowest BCUT2D eigenvalue weighted by atomic mass is 9.96. The highest BCUT2D eigenvalue weighted by atomic mass is 16.1. The summed E-state index contributed by atoms with van der Waals surface area (Å²) in [5, 5.41) is 7.31. The summed E-state index contributed by atoms with van der Waals surface area (Å²) in [6, 6.07) is 7.20. The second-order valence-electron chi connectivity index (χ2n) is 2.93. The minimum Gasteiger partial charge on any atom is -0.384 e. The molecule has 0 radical (unpaired) electrons. The molecule has 0 spiro atoms. The summed E-state index contributed by atoms with van der Waals surface area (Å²) in [6.45, 7) is 1.79. The molecule has 1 aromatic rings. The molecule has 0 bridgehead atoms. The zero-order chi connectivity index (χ0) is 9.84. The lowest BCUT2D eigenvalue weighted by Crippen LogP contribution is -2.15. The van der Waals surface area contributed by atoms with E-state index < -0.39 is 0 Å². The molecule has 0 aromatic heterocycles. The average Bonchev–Trinajstić information content (AvgIpc) is 2.16. The molecule has 0 aliphatic heterocycles. The number of hydrogen-bond acceptors (Lipinski definition) is 2. The molecule has 0 aliphatic rings. The van der Waals surface area contributed by atoms with Crippen molar-refractivity contribution in [2.24, 2.45) is 5.73 Å². The van der Waals surface area contributed by atoms with E-state index in [9.17, 15) is 4.79 Å². The van der Waals surface area contributed by atoms with Gasteiger partial charge in [-0.3, -0.25) is 5.41 Å².